The summed E-state index contributed by atoms with van der Waals surface area (Å²) < 4.78 is 10.3. The highest BCUT2D eigenvalue weighted by atomic mass is 16.5. The van der Waals surface area contributed by atoms with E-state index in [1.54, 1.807) is 43.5 Å². The van der Waals surface area contributed by atoms with Gasteiger partial charge in [0, 0.05) is 36.0 Å². The Morgan fingerprint density at radius 1 is 1.27 bits per heavy atom. The molecule has 7 heteroatoms. The van der Waals surface area contributed by atoms with Gasteiger partial charge in [-0.1, -0.05) is 17.3 Å². The smallest absolute Gasteiger partial charge is 0.253 e. The van der Waals surface area contributed by atoms with Crippen LogP contribution in [0.25, 0.3) is 11.4 Å². The van der Waals surface area contributed by atoms with Gasteiger partial charge in [0.15, 0.2) is 5.82 Å². The van der Waals surface area contributed by atoms with Crippen molar-refractivity contribution in [3.8, 4) is 17.3 Å². The fraction of sp³-hybridized carbons (Fsp3) is 0.263. The van der Waals surface area contributed by atoms with Crippen LogP contribution in [0, 0.1) is 13.8 Å². The van der Waals surface area contributed by atoms with Crippen LogP contribution >= 0.6 is 0 Å². The van der Waals surface area contributed by atoms with Crippen molar-refractivity contribution >= 4 is 5.91 Å². The van der Waals surface area contributed by atoms with Crippen LogP contribution < -0.4 is 4.74 Å². The van der Waals surface area contributed by atoms with Gasteiger partial charge in [0.25, 0.3) is 5.91 Å². The van der Waals surface area contributed by atoms with Crippen LogP contribution in [0.15, 0.2) is 41.1 Å². The van der Waals surface area contributed by atoms with Crippen LogP contribution in [-0.2, 0) is 6.54 Å². The number of benzene rings is 1. The molecule has 0 N–H and O–H groups in total. The summed E-state index contributed by atoms with van der Waals surface area (Å²) in [5, 5.41) is 3.93. The number of rotatable bonds is 5. The van der Waals surface area contributed by atoms with Gasteiger partial charge in [-0.05, 0) is 26.0 Å². The molecule has 0 aliphatic carbocycles. The number of hydrogen-bond donors (Lipinski definition) is 0. The standard InChI is InChI=1S/C19H20N4O3/c1-12-16(13(2)26-22-12)11-23(3)19(24)15-7-5-6-14(10-15)18-20-9-8-17(21-18)25-4/h5-10H,11H2,1-4H3. The molecule has 1 aromatic carbocycles. The zero-order valence-electron chi connectivity index (χ0n) is 15.2. The summed E-state index contributed by atoms with van der Waals surface area (Å²) in [6.45, 7) is 4.14. The van der Waals surface area contributed by atoms with Gasteiger partial charge < -0.3 is 14.2 Å². The second-order valence-corrected chi connectivity index (χ2v) is 5.97. The molecule has 0 fully saturated rings. The molecule has 1 amide bonds. The third kappa shape index (κ3) is 3.56. The molecule has 0 spiro atoms. The molecule has 3 aromatic rings. The second kappa shape index (κ2) is 7.35. The topological polar surface area (TPSA) is 81.4 Å². The molecule has 0 bridgehead atoms. The van der Waals surface area contributed by atoms with Crippen molar-refractivity contribution in [2.75, 3.05) is 14.2 Å². The monoisotopic (exact) mass is 352 g/mol. The molecule has 3 rings (SSSR count). The molecule has 2 heterocycles. The Kier molecular flexibility index (Phi) is 4.97. The number of amides is 1. The highest BCUT2D eigenvalue weighted by Crippen LogP contribution is 2.20. The number of carbonyl (C=O) groups is 1. The maximum atomic E-state index is 12.8. The number of aryl methyl sites for hydroxylation is 2. The molecular formula is C19H20N4O3. The number of ether oxygens (including phenoxy) is 1. The summed E-state index contributed by atoms with van der Waals surface area (Å²) in [5.74, 6) is 1.60. The average molecular weight is 352 g/mol. The van der Waals surface area contributed by atoms with Crippen molar-refractivity contribution < 1.29 is 14.1 Å². The first kappa shape index (κ1) is 17.6. The van der Waals surface area contributed by atoms with Gasteiger partial charge in [-0.15, -0.1) is 0 Å². The van der Waals surface area contributed by atoms with E-state index < -0.39 is 0 Å². The van der Waals surface area contributed by atoms with Crippen LogP contribution in [0.5, 0.6) is 5.88 Å². The Hall–Kier alpha value is -3.22. The first-order valence-electron chi connectivity index (χ1n) is 8.14. The number of aromatic nitrogens is 3. The van der Waals surface area contributed by atoms with E-state index in [0.717, 1.165) is 22.6 Å². The molecule has 134 valence electrons. The molecule has 0 aliphatic heterocycles. The zero-order chi connectivity index (χ0) is 18.7. The van der Waals surface area contributed by atoms with Gasteiger partial charge in [0.2, 0.25) is 5.88 Å². The van der Waals surface area contributed by atoms with E-state index in [4.69, 9.17) is 9.26 Å². The average Bonchev–Trinajstić information content (AvgIpc) is 2.99. The number of hydrogen-bond acceptors (Lipinski definition) is 6. The lowest BCUT2D eigenvalue weighted by molar-refractivity contribution is 0.0784. The lowest BCUT2D eigenvalue weighted by atomic mass is 10.1. The summed E-state index contributed by atoms with van der Waals surface area (Å²) in [7, 11) is 3.30. The Bertz CT molecular complexity index is 917. The normalized spacial score (nSPS) is 10.6. The predicted molar refractivity (Wildman–Crippen MR) is 95.8 cm³/mol. The van der Waals surface area contributed by atoms with E-state index in [9.17, 15) is 4.79 Å². The summed E-state index contributed by atoms with van der Waals surface area (Å²) >= 11 is 0. The van der Waals surface area contributed by atoms with Gasteiger partial charge in [-0.25, -0.2) is 4.98 Å². The largest absolute Gasteiger partial charge is 0.481 e. The molecule has 26 heavy (non-hydrogen) atoms. The van der Waals surface area contributed by atoms with Crippen LogP contribution in [0.3, 0.4) is 0 Å². The molecule has 2 aromatic heterocycles. The van der Waals surface area contributed by atoms with Crippen LogP contribution in [0.1, 0.15) is 27.4 Å². The minimum atomic E-state index is -0.102. The van der Waals surface area contributed by atoms with Crippen molar-refractivity contribution in [2.24, 2.45) is 0 Å². The molecule has 0 aliphatic rings. The third-order valence-electron chi connectivity index (χ3n) is 4.13. The molecule has 0 saturated heterocycles. The highest BCUT2D eigenvalue weighted by molar-refractivity contribution is 5.95. The van der Waals surface area contributed by atoms with E-state index in [-0.39, 0.29) is 5.91 Å². The molecule has 0 radical (unpaired) electrons. The maximum absolute atomic E-state index is 12.8. The predicted octanol–water partition coefficient (Wildman–Crippen LogP) is 3.03. The fourth-order valence-corrected chi connectivity index (χ4v) is 2.64. The molecule has 0 atom stereocenters. The molecular weight excluding hydrogens is 332 g/mol. The molecule has 0 saturated carbocycles. The van der Waals surface area contributed by atoms with Gasteiger partial charge in [0.1, 0.15) is 5.76 Å². The Labute approximate surface area is 151 Å². The van der Waals surface area contributed by atoms with Crippen LogP contribution in [0.2, 0.25) is 0 Å². The quantitative estimate of drug-likeness (QED) is 0.702. The maximum Gasteiger partial charge on any atom is 0.253 e. The summed E-state index contributed by atoms with van der Waals surface area (Å²) in [5.41, 5.74) is 3.03. The van der Waals surface area contributed by atoms with Crippen molar-refractivity contribution in [1.82, 2.24) is 20.0 Å². The first-order valence-corrected chi connectivity index (χ1v) is 8.14. The van der Waals surface area contributed by atoms with Crippen molar-refractivity contribution in [3.63, 3.8) is 0 Å². The van der Waals surface area contributed by atoms with E-state index >= 15 is 0 Å². The van der Waals surface area contributed by atoms with Crippen molar-refractivity contribution in [2.45, 2.75) is 20.4 Å². The lowest BCUT2D eigenvalue weighted by Gasteiger charge is -2.17. The first-order chi connectivity index (χ1) is 12.5. The Balaban J connectivity index is 1.84. The molecule has 7 nitrogen and oxygen atoms in total. The van der Waals surface area contributed by atoms with Crippen LogP contribution in [0.4, 0.5) is 0 Å². The second-order valence-electron chi connectivity index (χ2n) is 5.97. The van der Waals surface area contributed by atoms with Crippen LogP contribution in [-0.4, -0.2) is 40.1 Å². The minimum Gasteiger partial charge on any atom is -0.481 e. The van der Waals surface area contributed by atoms with E-state index in [2.05, 4.69) is 15.1 Å². The fourth-order valence-electron chi connectivity index (χ4n) is 2.64. The molecule has 0 unspecified atom stereocenters. The van der Waals surface area contributed by atoms with E-state index in [0.29, 0.717) is 23.8 Å². The van der Waals surface area contributed by atoms with Crippen molar-refractivity contribution in [3.05, 3.63) is 59.1 Å². The van der Waals surface area contributed by atoms with Gasteiger partial charge in [-0.2, -0.15) is 4.98 Å². The number of nitrogens with zero attached hydrogens (tertiary/aromatic N) is 4. The zero-order valence-corrected chi connectivity index (χ0v) is 15.2. The van der Waals surface area contributed by atoms with Gasteiger partial charge in [0.05, 0.1) is 19.3 Å². The van der Waals surface area contributed by atoms with Gasteiger partial charge >= 0.3 is 0 Å². The number of methoxy groups -OCH3 is 1. The SMILES string of the molecule is COc1ccnc(-c2cccc(C(=O)N(C)Cc3c(C)noc3C)c2)n1. The number of carbonyl (C=O) groups excluding carboxylic acids is 1. The Morgan fingerprint density at radius 2 is 2.08 bits per heavy atom. The van der Waals surface area contributed by atoms with E-state index in [1.165, 1.54) is 0 Å². The summed E-state index contributed by atoms with van der Waals surface area (Å²) in [6.07, 6.45) is 1.62. The lowest BCUT2D eigenvalue weighted by Crippen LogP contribution is -2.26. The van der Waals surface area contributed by atoms with Gasteiger partial charge in [-0.3, -0.25) is 4.79 Å². The van der Waals surface area contributed by atoms with E-state index in [1.807, 2.05) is 26.0 Å². The van der Waals surface area contributed by atoms with Crippen molar-refractivity contribution in [1.29, 1.82) is 0 Å². The summed E-state index contributed by atoms with van der Waals surface area (Å²) in [6, 6.07) is 8.90. The highest BCUT2D eigenvalue weighted by Gasteiger charge is 2.17. The summed E-state index contributed by atoms with van der Waals surface area (Å²) in [4.78, 5) is 23.0. The Morgan fingerprint density at radius 3 is 2.77 bits per heavy atom. The third-order valence-corrected chi connectivity index (χ3v) is 4.13. The minimum absolute atomic E-state index is 0.102.